The lowest BCUT2D eigenvalue weighted by atomic mass is 10.1. The molecule has 0 aromatic heterocycles. The van der Waals surface area contributed by atoms with Crippen molar-refractivity contribution >= 4 is 17.5 Å². The second-order valence-corrected chi connectivity index (χ2v) is 5.48. The molecule has 0 unspecified atom stereocenters. The summed E-state index contributed by atoms with van der Waals surface area (Å²) in [7, 11) is 1.48. The van der Waals surface area contributed by atoms with Gasteiger partial charge in [-0.15, -0.1) is 0 Å². The van der Waals surface area contributed by atoms with Gasteiger partial charge in [-0.3, -0.25) is 9.59 Å². The molecular weight excluding hydrogens is 324 g/mol. The van der Waals surface area contributed by atoms with E-state index < -0.39 is 5.91 Å². The van der Waals surface area contributed by atoms with Crippen LogP contribution in [0.3, 0.4) is 0 Å². The number of rotatable bonds is 5. The number of ether oxygens (including phenoxy) is 3. The molecule has 25 heavy (non-hydrogen) atoms. The number of carbonyl (C=O) groups is 2. The summed E-state index contributed by atoms with van der Waals surface area (Å²) in [6.07, 6.45) is 0.139. The van der Waals surface area contributed by atoms with Crippen molar-refractivity contribution in [3.05, 3.63) is 47.5 Å². The van der Waals surface area contributed by atoms with Gasteiger partial charge in [0.15, 0.2) is 11.5 Å². The van der Waals surface area contributed by atoms with E-state index in [1.165, 1.54) is 19.2 Å². The molecule has 7 nitrogen and oxygen atoms in total. The normalized spacial score (nSPS) is 12.4. The molecule has 1 aliphatic heterocycles. The van der Waals surface area contributed by atoms with Crippen molar-refractivity contribution in [2.75, 3.05) is 25.6 Å². The van der Waals surface area contributed by atoms with Gasteiger partial charge in [0.05, 0.1) is 19.2 Å². The maximum Gasteiger partial charge on any atom is 0.248 e. The van der Waals surface area contributed by atoms with Crippen molar-refractivity contribution < 1.29 is 23.8 Å². The molecule has 3 rings (SSSR count). The van der Waals surface area contributed by atoms with Crippen molar-refractivity contribution in [2.24, 2.45) is 5.73 Å². The Morgan fingerprint density at radius 2 is 1.88 bits per heavy atom. The maximum atomic E-state index is 12.3. The molecule has 0 fully saturated rings. The van der Waals surface area contributed by atoms with Gasteiger partial charge in [0.25, 0.3) is 0 Å². The average molecular weight is 342 g/mol. The molecule has 130 valence electrons. The molecule has 0 saturated heterocycles. The Labute approximate surface area is 144 Å². The van der Waals surface area contributed by atoms with E-state index >= 15 is 0 Å². The molecule has 0 spiro atoms. The van der Waals surface area contributed by atoms with Crippen LogP contribution in [0.2, 0.25) is 0 Å². The van der Waals surface area contributed by atoms with Crippen LogP contribution in [-0.2, 0) is 11.2 Å². The first-order chi connectivity index (χ1) is 12.1. The number of amides is 2. The molecule has 2 aromatic carbocycles. The third-order valence-corrected chi connectivity index (χ3v) is 3.73. The van der Waals surface area contributed by atoms with Crippen LogP contribution < -0.4 is 25.3 Å². The molecular formula is C18H18N2O5. The summed E-state index contributed by atoms with van der Waals surface area (Å²) in [4.78, 5) is 23.7. The minimum atomic E-state index is -0.579. The van der Waals surface area contributed by atoms with Gasteiger partial charge in [0.2, 0.25) is 11.8 Å². The minimum Gasteiger partial charge on any atom is -0.495 e. The highest BCUT2D eigenvalue weighted by atomic mass is 16.6. The van der Waals surface area contributed by atoms with Crippen molar-refractivity contribution in [3.63, 3.8) is 0 Å². The second kappa shape index (κ2) is 7.12. The summed E-state index contributed by atoms with van der Waals surface area (Å²) in [5, 5.41) is 2.74. The molecule has 0 radical (unpaired) electrons. The van der Waals surface area contributed by atoms with Crippen LogP contribution in [0.5, 0.6) is 17.2 Å². The summed E-state index contributed by atoms with van der Waals surface area (Å²) in [6.45, 7) is 1.00. The number of hydrogen-bond donors (Lipinski definition) is 2. The molecule has 0 atom stereocenters. The summed E-state index contributed by atoms with van der Waals surface area (Å²) in [6, 6.07) is 9.99. The van der Waals surface area contributed by atoms with Crippen LogP contribution >= 0.6 is 0 Å². The Balaban J connectivity index is 1.74. The molecule has 2 aromatic rings. The largest absolute Gasteiger partial charge is 0.495 e. The minimum absolute atomic E-state index is 0.139. The van der Waals surface area contributed by atoms with E-state index in [2.05, 4.69) is 5.32 Å². The van der Waals surface area contributed by atoms with Gasteiger partial charge in [-0.25, -0.2) is 0 Å². The number of hydrogen-bond acceptors (Lipinski definition) is 5. The maximum absolute atomic E-state index is 12.3. The number of methoxy groups -OCH3 is 1. The zero-order chi connectivity index (χ0) is 17.8. The average Bonchev–Trinajstić information content (AvgIpc) is 2.61. The number of primary amides is 1. The topological polar surface area (TPSA) is 99.9 Å². The highest BCUT2D eigenvalue weighted by Gasteiger charge is 2.15. The monoisotopic (exact) mass is 342 g/mol. The number of anilines is 1. The lowest BCUT2D eigenvalue weighted by Gasteiger charge is -2.18. The second-order valence-electron chi connectivity index (χ2n) is 5.48. The first-order valence-electron chi connectivity index (χ1n) is 7.73. The molecule has 1 aliphatic rings. The molecule has 1 heterocycles. The Hall–Kier alpha value is -3.22. The van der Waals surface area contributed by atoms with Crippen molar-refractivity contribution in [1.82, 2.24) is 0 Å². The number of nitrogens with one attached hydrogen (secondary N) is 1. The fourth-order valence-corrected chi connectivity index (χ4v) is 2.54. The van der Waals surface area contributed by atoms with Crippen molar-refractivity contribution in [2.45, 2.75) is 6.42 Å². The number of carbonyl (C=O) groups excluding carboxylic acids is 2. The highest BCUT2D eigenvalue weighted by molar-refractivity contribution is 5.98. The summed E-state index contributed by atoms with van der Waals surface area (Å²) in [5.74, 6) is 0.915. The zero-order valence-electron chi connectivity index (χ0n) is 13.7. The van der Waals surface area contributed by atoms with Crippen LogP contribution in [0, 0.1) is 0 Å². The summed E-state index contributed by atoms with van der Waals surface area (Å²) < 4.78 is 16.2. The van der Waals surface area contributed by atoms with E-state index in [9.17, 15) is 9.59 Å². The van der Waals surface area contributed by atoms with Crippen molar-refractivity contribution in [1.29, 1.82) is 0 Å². The van der Waals surface area contributed by atoms with Gasteiger partial charge in [0.1, 0.15) is 19.0 Å². The molecule has 3 N–H and O–H groups in total. The number of benzene rings is 2. The van der Waals surface area contributed by atoms with Crippen LogP contribution in [0.1, 0.15) is 15.9 Å². The van der Waals surface area contributed by atoms with E-state index in [1.54, 1.807) is 18.2 Å². The fraction of sp³-hybridized carbons (Fsp3) is 0.222. The molecule has 0 aliphatic carbocycles. The standard InChI is InChI=1S/C18H18N2O5/c1-23-14-5-3-12(18(19)22)10-13(14)20-17(21)9-11-2-4-15-16(8-11)25-7-6-24-15/h2-5,8,10H,6-7,9H2,1H3,(H2,19,22)(H,20,21). The van der Waals surface area contributed by atoms with Crippen molar-refractivity contribution in [3.8, 4) is 17.2 Å². The molecule has 0 bridgehead atoms. The van der Waals surface area contributed by atoms with E-state index in [-0.39, 0.29) is 17.9 Å². The smallest absolute Gasteiger partial charge is 0.248 e. The fourth-order valence-electron chi connectivity index (χ4n) is 2.54. The van der Waals surface area contributed by atoms with Gasteiger partial charge >= 0.3 is 0 Å². The highest BCUT2D eigenvalue weighted by Crippen LogP contribution is 2.31. The Kier molecular flexibility index (Phi) is 4.74. The summed E-state index contributed by atoms with van der Waals surface area (Å²) >= 11 is 0. The van der Waals surface area contributed by atoms with Gasteiger partial charge in [0, 0.05) is 5.56 Å². The Bertz CT molecular complexity index is 819. The van der Waals surface area contributed by atoms with E-state index in [1.807, 2.05) is 6.07 Å². The van der Waals surface area contributed by atoms with Gasteiger partial charge in [-0.1, -0.05) is 6.07 Å². The zero-order valence-corrected chi connectivity index (χ0v) is 13.7. The van der Waals surface area contributed by atoms with E-state index in [4.69, 9.17) is 19.9 Å². The predicted molar refractivity (Wildman–Crippen MR) is 91.3 cm³/mol. The van der Waals surface area contributed by atoms with E-state index in [0.717, 1.165) is 5.56 Å². The van der Waals surface area contributed by atoms with Crippen LogP contribution in [0.15, 0.2) is 36.4 Å². The van der Waals surface area contributed by atoms with Gasteiger partial charge < -0.3 is 25.3 Å². The van der Waals surface area contributed by atoms with Gasteiger partial charge in [-0.2, -0.15) is 0 Å². The lowest BCUT2D eigenvalue weighted by molar-refractivity contribution is -0.115. The molecule has 2 amide bonds. The molecule has 0 saturated carbocycles. The quantitative estimate of drug-likeness (QED) is 0.862. The van der Waals surface area contributed by atoms with Crippen LogP contribution in [0.4, 0.5) is 5.69 Å². The van der Waals surface area contributed by atoms with Crippen LogP contribution in [0.25, 0.3) is 0 Å². The Morgan fingerprint density at radius 1 is 1.12 bits per heavy atom. The first kappa shape index (κ1) is 16.6. The third kappa shape index (κ3) is 3.82. The number of fused-ring (bicyclic) bond motifs is 1. The lowest BCUT2D eigenvalue weighted by Crippen LogP contribution is -2.18. The first-order valence-corrected chi connectivity index (χ1v) is 7.73. The number of nitrogens with two attached hydrogens (primary N) is 1. The predicted octanol–water partition coefficient (Wildman–Crippen LogP) is 1.75. The van der Waals surface area contributed by atoms with E-state index in [0.29, 0.717) is 36.1 Å². The molecule has 7 heteroatoms. The van der Waals surface area contributed by atoms with Crippen LogP contribution in [-0.4, -0.2) is 32.1 Å². The van der Waals surface area contributed by atoms with Gasteiger partial charge in [-0.05, 0) is 35.9 Å². The Morgan fingerprint density at radius 3 is 2.60 bits per heavy atom. The SMILES string of the molecule is COc1ccc(C(N)=O)cc1NC(=O)Cc1ccc2c(c1)OCCO2. The summed E-state index contributed by atoms with van der Waals surface area (Å²) in [5.41, 5.74) is 6.74. The third-order valence-electron chi connectivity index (χ3n) is 3.73.